The lowest BCUT2D eigenvalue weighted by molar-refractivity contribution is -0.0230. The molecule has 1 saturated heterocycles. The van der Waals surface area contributed by atoms with Crippen molar-refractivity contribution < 1.29 is 19.4 Å². The number of nitrogens with zero attached hydrogens (tertiary/aromatic N) is 2. The second-order valence-electron chi connectivity index (χ2n) is 5.34. The molecule has 1 aromatic carbocycles. The molecule has 0 aliphatic carbocycles. The number of methoxy groups -OCH3 is 1. The molecule has 1 fully saturated rings. The van der Waals surface area contributed by atoms with Crippen molar-refractivity contribution in [3.8, 4) is 11.5 Å². The number of benzene rings is 1. The second-order valence-corrected chi connectivity index (χ2v) is 6.27. The number of phenols is 1. The lowest BCUT2D eigenvalue weighted by Gasteiger charge is -2.32. The molecule has 6 nitrogen and oxygen atoms in total. The van der Waals surface area contributed by atoms with Crippen LogP contribution in [0.4, 0.5) is 0 Å². The normalized spacial score (nSPS) is 18.0. The lowest BCUT2D eigenvalue weighted by atomic mass is 10.1. The maximum Gasteiger partial charge on any atom is 0.257 e. The number of morpholine rings is 1. The third-order valence-electron chi connectivity index (χ3n) is 3.75. The molecule has 3 rings (SSSR count). The smallest absolute Gasteiger partial charge is 0.257 e. The highest BCUT2D eigenvalue weighted by atomic mass is 32.1. The minimum atomic E-state index is -0.227. The van der Waals surface area contributed by atoms with Gasteiger partial charge < -0.3 is 19.5 Å². The van der Waals surface area contributed by atoms with E-state index in [2.05, 4.69) is 4.98 Å². The molecule has 1 aliphatic heterocycles. The van der Waals surface area contributed by atoms with Crippen LogP contribution in [0.5, 0.6) is 11.5 Å². The third kappa shape index (κ3) is 3.16. The van der Waals surface area contributed by atoms with E-state index in [0.717, 1.165) is 10.6 Å². The number of amides is 1. The van der Waals surface area contributed by atoms with Crippen LogP contribution in [0.15, 0.2) is 23.7 Å². The average molecular weight is 334 g/mol. The summed E-state index contributed by atoms with van der Waals surface area (Å²) in [6, 6.07) is 3.37. The number of rotatable bonds is 3. The van der Waals surface area contributed by atoms with Gasteiger partial charge in [0.1, 0.15) is 11.1 Å². The van der Waals surface area contributed by atoms with Gasteiger partial charge in [-0.2, -0.15) is 0 Å². The summed E-state index contributed by atoms with van der Waals surface area (Å²) < 4.78 is 10.8. The van der Waals surface area contributed by atoms with Crippen LogP contribution in [0.1, 0.15) is 27.0 Å². The van der Waals surface area contributed by atoms with Crippen LogP contribution in [-0.2, 0) is 4.74 Å². The molecule has 2 heterocycles. The first kappa shape index (κ1) is 15.8. The summed E-state index contributed by atoms with van der Waals surface area (Å²) in [6.07, 6.45) is 1.50. The number of thiazole rings is 1. The van der Waals surface area contributed by atoms with Gasteiger partial charge >= 0.3 is 0 Å². The van der Waals surface area contributed by atoms with Crippen molar-refractivity contribution >= 4 is 17.2 Å². The number of aromatic nitrogens is 1. The van der Waals surface area contributed by atoms with E-state index in [-0.39, 0.29) is 23.3 Å². The van der Waals surface area contributed by atoms with E-state index in [0.29, 0.717) is 25.4 Å². The monoisotopic (exact) mass is 334 g/mol. The zero-order valence-corrected chi connectivity index (χ0v) is 13.8. The molecular formula is C16H18N2O4S. The highest BCUT2D eigenvalue weighted by Gasteiger charge is 2.29. The molecule has 0 spiro atoms. The number of phenolic OH excluding ortho intramolecular Hbond substituents is 1. The van der Waals surface area contributed by atoms with E-state index in [1.54, 1.807) is 23.2 Å². The van der Waals surface area contributed by atoms with Crippen molar-refractivity contribution in [2.24, 2.45) is 0 Å². The summed E-state index contributed by atoms with van der Waals surface area (Å²) in [5.74, 6) is -0.0483. The fraction of sp³-hybridized carbons (Fsp3) is 0.375. The number of aromatic hydroxyl groups is 1. The Hall–Kier alpha value is -2.12. The molecule has 2 aromatic rings. The van der Waals surface area contributed by atoms with Gasteiger partial charge in [-0.1, -0.05) is 0 Å². The lowest BCUT2D eigenvalue weighted by Crippen LogP contribution is -2.42. The maximum absolute atomic E-state index is 12.8. The van der Waals surface area contributed by atoms with Gasteiger partial charge in [0.2, 0.25) is 0 Å². The minimum Gasteiger partial charge on any atom is -0.504 e. The fourth-order valence-corrected chi connectivity index (χ4v) is 3.29. The highest BCUT2D eigenvalue weighted by molar-refractivity contribution is 7.09. The maximum atomic E-state index is 12.8. The number of carbonyl (C=O) groups is 1. The number of hydrogen-bond acceptors (Lipinski definition) is 6. The van der Waals surface area contributed by atoms with Crippen LogP contribution in [0.3, 0.4) is 0 Å². The minimum absolute atomic E-state index is 0.125. The molecule has 1 N–H and O–H groups in total. The summed E-state index contributed by atoms with van der Waals surface area (Å²) in [5, 5.41) is 13.0. The molecule has 0 radical (unpaired) electrons. The first-order valence-corrected chi connectivity index (χ1v) is 8.16. The van der Waals surface area contributed by atoms with Crippen molar-refractivity contribution in [1.29, 1.82) is 0 Å². The average Bonchev–Trinajstić information content (AvgIpc) is 3.10. The van der Waals surface area contributed by atoms with Gasteiger partial charge in [0.15, 0.2) is 11.5 Å². The number of hydrogen-bond donors (Lipinski definition) is 1. The Morgan fingerprint density at radius 2 is 2.35 bits per heavy atom. The molecule has 1 aromatic heterocycles. The number of ether oxygens (including phenoxy) is 2. The summed E-state index contributed by atoms with van der Waals surface area (Å²) >= 11 is 1.51. The SMILES string of the molecule is COc1cc(C)cc(C(=O)N2CCO[C@H](c3nccs3)C2)c1O. The molecule has 1 aliphatic rings. The Balaban J connectivity index is 1.84. The Bertz CT molecular complexity index is 702. The second kappa shape index (κ2) is 6.55. The molecular weight excluding hydrogens is 316 g/mol. The topological polar surface area (TPSA) is 71.9 Å². The van der Waals surface area contributed by atoms with Crippen molar-refractivity contribution in [2.45, 2.75) is 13.0 Å². The number of carbonyl (C=O) groups excluding carboxylic acids is 1. The van der Waals surface area contributed by atoms with E-state index >= 15 is 0 Å². The Morgan fingerprint density at radius 3 is 3.04 bits per heavy atom. The number of aryl methyl sites for hydroxylation is 1. The quantitative estimate of drug-likeness (QED) is 0.933. The summed E-state index contributed by atoms with van der Waals surface area (Å²) in [4.78, 5) is 18.7. The fourth-order valence-electron chi connectivity index (χ4n) is 2.61. The van der Waals surface area contributed by atoms with Crippen LogP contribution in [0.2, 0.25) is 0 Å². The van der Waals surface area contributed by atoms with E-state index in [1.165, 1.54) is 18.4 Å². The predicted molar refractivity (Wildman–Crippen MR) is 86.1 cm³/mol. The summed E-state index contributed by atoms with van der Waals surface area (Å²) in [7, 11) is 1.47. The van der Waals surface area contributed by atoms with E-state index in [4.69, 9.17) is 9.47 Å². The largest absolute Gasteiger partial charge is 0.504 e. The van der Waals surface area contributed by atoms with Gasteiger partial charge in [0, 0.05) is 18.1 Å². The van der Waals surface area contributed by atoms with Gasteiger partial charge in [-0.3, -0.25) is 4.79 Å². The van der Waals surface area contributed by atoms with Crippen LogP contribution in [0.25, 0.3) is 0 Å². The molecule has 122 valence electrons. The first-order valence-electron chi connectivity index (χ1n) is 7.28. The van der Waals surface area contributed by atoms with Crippen molar-refractivity contribution in [3.63, 3.8) is 0 Å². The molecule has 7 heteroatoms. The van der Waals surface area contributed by atoms with Crippen molar-refractivity contribution in [2.75, 3.05) is 26.8 Å². The third-order valence-corrected chi connectivity index (χ3v) is 4.62. The molecule has 0 saturated carbocycles. The van der Waals surface area contributed by atoms with Crippen molar-refractivity contribution in [1.82, 2.24) is 9.88 Å². The van der Waals surface area contributed by atoms with Crippen LogP contribution >= 0.6 is 11.3 Å². The van der Waals surface area contributed by atoms with E-state index in [1.807, 2.05) is 12.3 Å². The van der Waals surface area contributed by atoms with E-state index in [9.17, 15) is 9.90 Å². The van der Waals surface area contributed by atoms with Gasteiger partial charge in [0.05, 0.1) is 25.8 Å². The zero-order chi connectivity index (χ0) is 16.4. The first-order chi connectivity index (χ1) is 11.1. The molecule has 0 unspecified atom stereocenters. The van der Waals surface area contributed by atoms with Gasteiger partial charge in [0.25, 0.3) is 5.91 Å². The molecule has 1 amide bonds. The Kier molecular flexibility index (Phi) is 4.49. The molecule has 0 bridgehead atoms. The van der Waals surface area contributed by atoms with Crippen LogP contribution in [0, 0.1) is 6.92 Å². The van der Waals surface area contributed by atoms with Gasteiger partial charge in [-0.15, -0.1) is 11.3 Å². The van der Waals surface area contributed by atoms with Crippen LogP contribution in [-0.4, -0.2) is 47.7 Å². The molecule has 23 heavy (non-hydrogen) atoms. The predicted octanol–water partition coefficient (Wildman–Crippen LogP) is 2.38. The standard InChI is InChI=1S/C16H18N2O4S/c1-10-7-11(14(19)12(8-10)21-2)16(20)18-4-5-22-13(9-18)15-17-3-6-23-15/h3,6-8,13,19H,4-5,9H2,1-2H3/t13-/m0/s1. The Labute approximate surface area is 138 Å². The Morgan fingerprint density at radius 1 is 1.52 bits per heavy atom. The molecule has 1 atom stereocenters. The zero-order valence-electron chi connectivity index (χ0n) is 13.0. The summed E-state index contributed by atoms with van der Waals surface area (Å²) in [5.41, 5.74) is 1.11. The van der Waals surface area contributed by atoms with Gasteiger partial charge in [-0.05, 0) is 24.6 Å². The van der Waals surface area contributed by atoms with Gasteiger partial charge in [-0.25, -0.2) is 4.98 Å². The highest BCUT2D eigenvalue weighted by Crippen LogP contribution is 2.33. The van der Waals surface area contributed by atoms with Crippen molar-refractivity contribution in [3.05, 3.63) is 39.8 Å². The summed E-state index contributed by atoms with van der Waals surface area (Å²) in [6.45, 7) is 3.20. The van der Waals surface area contributed by atoms with Crippen LogP contribution < -0.4 is 4.74 Å². The van der Waals surface area contributed by atoms with E-state index < -0.39 is 0 Å².